The average Bonchev–Trinajstić information content (AvgIpc) is 2.98. The van der Waals surface area contributed by atoms with E-state index in [1.807, 2.05) is 0 Å². The number of methoxy groups -OCH3 is 1. The molecular weight excluding hydrogens is 374 g/mol. The molecule has 1 aromatic heterocycles. The van der Waals surface area contributed by atoms with Gasteiger partial charge in [0, 0.05) is 10.9 Å². The molecule has 3 rings (SSSR count). The number of carbonyl (C=O) groups is 1. The number of thiocarbonyl (C=S) groups is 1. The number of hydrogen-bond donors (Lipinski definition) is 2. The molecule has 0 spiro atoms. The van der Waals surface area contributed by atoms with Crippen molar-refractivity contribution in [3.05, 3.63) is 50.4 Å². The van der Waals surface area contributed by atoms with E-state index < -0.39 is 10.9 Å². The maximum atomic E-state index is 12.2. The second-order valence-corrected chi connectivity index (χ2v) is 7.27. The van der Waals surface area contributed by atoms with E-state index in [1.165, 1.54) is 24.5 Å². The monoisotopic (exact) mass is 391 g/mol. The number of ether oxygens (including phenoxy) is 1. The van der Waals surface area contributed by atoms with Crippen molar-refractivity contribution in [1.82, 2.24) is 0 Å². The Morgan fingerprint density at radius 1 is 1.27 bits per heavy atom. The molecule has 0 radical (unpaired) electrons. The first-order chi connectivity index (χ1) is 12.5. The van der Waals surface area contributed by atoms with Gasteiger partial charge in [0.1, 0.15) is 10.7 Å². The summed E-state index contributed by atoms with van der Waals surface area (Å²) in [5.41, 5.74) is 1.74. The van der Waals surface area contributed by atoms with Crippen molar-refractivity contribution in [2.45, 2.75) is 25.7 Å². The Hall–Kier alpha value is -2.52. The first kappa shape index (κ1) is 18.3. The Kier molecular flexibility index (Phi) is 5.48. The van der Waals surface area contributed by atoms with Gasteiger partial charge in [-0.05, 0) is 49.5 Å². The van der Waals surface area contributed by atoms with E-state index in [2.05, 4.69) is 10.6 Å². The van der Waals surface area contributed by atoms with Crippen LogP contribution in [0.4, 0.5) is 16.4 Å². The molecule has 7 nitrogen and oxygen atoms in total. The number of carbonyl (C=O) groups excluding carboxylic acids is 1. The Labute approximate surface area is 159 Å². The summed E-state index contributed by atoms with van der Waals surface area (Å²) in [5, 5.41) is 17.8. The van der Waals surface area contributed by atoms with Crippen LogP contribution < -0.4 is 10.6 Å². The second kappa shape index (κ2) is 7.79. The predicted octanol–water partition coefficient (Wildman–Crippen LogP) is 4.13. The molecule has 0 fully saturated rings. The lowest BCUT2D eigenvalue weighted by Crippen LogP contribution is -2.21. The van der Waals surface area contributed by atoms with Crippen LogP contribution in [0, 0.1) is 10.1 Å². The zero-order chi connectivity index (χ0) is 18.7. The quantitative estimate of drug-likeness (QED) is 0.350. The number of nitrogens with zero attached hydrogens (tertiary/aromatic N) is 1. The van der Waals surface area contributed by atoms with E-state index in [0.717, 1.165) is 36.1 Å². The standard InChI is InChI=1S/C17H17N3O4S2/c1-24-16(21)14-10-6-2-5-9-13(10)26-15(14)19-17(25)18-11-7-3-4-8-12(11)20(22)23/h3-4,7-8H,2,5-6,9H2,1H3,(H2,18,19,25). The molecule has 0 amide bonds. The number of aryl methyl sites for hydroxylation is 1. The fourth-order valence-corrected chi connectivity index (χ4v) is 4.53. The first-order valence-electron chi connectivity index (χ1n) is 8.05. The maximum Gasteiger partial charge on any atom is 0.341 e. The van der Waals surface area contributed by atoms with Crippen molar-refractivity contribution in [2.75, 3.05) is 17.7 Å². The summed E-state index contributed by atoms with van der Waals surface area (Å²) in [6.07, 6.45) is 3.89. The number of hydrogen-bond acceptors (Lipinski definition) is 6. The molecule has 1 heterocycles. The van der Waals surface area contributed by atoms with Crippen molar-refractivity contribution in [3.8, 4) is 0 Å². The molecule has 2 N–H and O–H groups in total. The lowest BCUT2D eigenvalue weighted by atomic mass is 9.95. The number of para-hydroxylation sites is 2. The van der Waals surface area contributed by atoms with Crippen LogP contribution in [-0.2, 0) is 17.6 Å². The molecule has 136 valence electrons. The highest BCUT2D eigenvalue weighted by molar-refractivity contribution is 7.80. The lowest BCUT2D eigenvalue weighted by molar-refractivity contribution is -0.383. The van der Waals surface area contributed by atoms with Gasteiger partial charge in [0.2, 0.25) is 0 Å². The number of fused-ring (bicyclic) bond motifs is 1. The number of nitro groups is 1. The number of rotatable bonds is 4. The molecule has 1 aliphatic rings. The van der Waals surface area contributed by atoms with E-state index >= 15 is 0 Å². The highest BCUT2D eigenvalue weighted by atomic mass is 32.1. The van der Waals surface area contributed by atoms with Crippen LogP contribution in [-0.4, -0.2) is 23.1 Å². The summed E-state index contributed by atoms with van der Waals surface area (Å²) in [4.78, 5) is 24.0. The zero-order valence-corrected chi connectivity index (χ0v) is 15.7. The maximum absolute atomic E-state index is 12.2. The van der Waals surface area contributed by atoms with E-state index in [0.29, 0.717) is 10.6 Å². The number of nitrogens with one attached hydrogen (secondary N) is 2. The van der Waals surface area contributed by atoms with Crippen LogP contribution in [0.15, 0.2) is 24.3 Å². The van der Waals surface area contributed by atoms with Gasteiger partial charge in [-0.15, -0.1) is 11.3 Å². The fourth-order valence-electron chi connectivity index (χ4n) is 2.97. The molecule has 0 aliphatic heterocycles. The molecule has 9 heteroatoms. The summed E-state index contributed by atoms with van der Waals surface area (Å²) in [5.74, 6) is -0.402. The van der Waals surface area contributed by atoms with E-state index in [4.69, 9.17) is 17.0 Å². The molecule has 26 heavy (non-hydrogen) atoms. The van der Waals surface area contributed by atoms with Crippen molar-refractivity contribution in [1.29, 1.82) is 0 Å². The topological polar surface area (TPSA) is 93.5 Å². The lowest BCUT2D eigenvalue weighted by Gasteiger charge is -2.12. The highest BCUT2D eigenvalue weighted by Gasteiger charge is 2.26. The second-order valence-electron chi connectivity index (χ2n) is 5.76. The van der Waals surface area contributed by atoms with E-state index in [9.17, 15) is 14.9 Å². The van der Waals surface area contributed by atoms with E-state index in [-0.39, 0.29) is 16.5 Å². The van der Waals surface area contributed by atoms with Crippen molar-refractivity contribution >= 4 is 51.0 Å². The normalized spacial score (nSPS) is 12.8. The van der Waals surface area contributed by atoms with Crippen LogP contribution in [0.3, 0.4) is 0 Å². The van der Waals surface area contributed by atoms with Crippen molar-refractivity contribution in [3.63, 3.8) is 0 Å². The van der Waals surface area contributed by atoms with Gasteiger partial charge < -0.3 is 15.4 Å². The van der Waals surface area contributed by atoms with Gasteiger partial charge in [0.25, 0.3) is 5.69 Å². The Bertz CT molecular complexity index is 879. The third kappa shape index (κ3) is 3.68. The van der Waals surface area contributed by atoms with Crippen LogP contribution in [0.25, 0.3) is 0 Å². The fraction of sp³-hybridized carbons (Fsp3) is 0.294. The number of thiophene rings is 1. The Balaban J connectivity index is 1.85. The summed E-state index contributed by atoms with van der Waals surface area (Å²) >= 11 is 6.78. The number of benzene rings is 1. The molecule has 0 unspecified atom stereocenters. The van der Waals surface area contributed by atoms with Crippen molar-refractivity contribution < 1.29 is 14.5 Å². The summed E-state index contributed by atoms with van der Waals surface area (Å²) < 4.78 is 4.93. The van der Waals surface area contributed by atoms with Gasteiger partial charge >= 0.3 is 5.97 Å². The Morgan fingerprint density at radius 3 is 2.73 bits per heavy atom. The number of anilines is 2. The summed E-state index contributed by atoms with van der Waals surface area (Å²) in [6.45, 7) is 0. The largest absolute Gasteiger partial charge is 0.465 e. The Morgan fingerprint density at radius 2 is 2.00 bits per heavy atom. The minimum absolute atomic E-state index is 0.0738. The van der Waals surface area contributed by atoms with Gasteiger partial charge in [0.15, 0.2) is 5.11 Å². The number of esters is 1. The highest BCUT2D eigenvalue weighted by Crippen LogP contribution is 2.38. The molecule has 1 aliphatic carbocycles. The zero-order valence-electron chi connectivity index (χ0n) is 14.0. The molecule has 0 saturated heterocycles. The van der Waals surface area contributed by atoms with E-state index in [1.54, 1.807) is 18.2 Å². The van der Waals surface area contributed by atoms with Gasteiger partial charge in [-0.2, -0.15) is 0 Å². The summed E-state index contributed by atoms with van der Waals surface area (Å²) in [6, 6.07) is 6.24. The molecule has 0 bridgehead atoms. The molecule has 0 atom stereocenters. The molecule has 0 saturated carbocycles. The van der Waals surface area contributed by atoms with Crippen LogP contribution >= 0.6 is 23.6 Å². The van der Waals surface area contributed by atoms with Crippen LogP contribution in [0.5, 0.6) is 0 Å². The smallest absolute Gasteiger partial charge is 0.341 e. The third-order valence-electron chi connectivity index (χ3n) is 4.14. The van der Waals surface area contributed by atoms with Crippen LogP contribution in [0.1, 0.15) is 33.6 Å². The predicted molar refractivity (Wildman–Crippen MR) is 105 cm³/mol. The number of nitro benzene ring substituents is 1. The molecule has 2 aromatic rings. The average molecular weight is 391 g/mol. The van der Waals surface area contributed by atoms with Gasteiger partial charge in [-0.25, -0.2) is 4.79 Å². The van der Waals surface area contributed by atoms with Gasteiger partial charge in [0.05, 0.1) is 17.6 Å². The van der Waals surface area contributed by atoms with Gasteiger partial charge in [-0.3, -0.25) is 10.1 Å². The third-order valence-corrected chi connectivity index (χ3v) is 5.55. The molecular formula is C17H17N3O4S2. The van der Waals surface area contributed by atoms with Gasteiger partial charge in [-0.1, -0.05) is 12.1 Å². The SMILES string of the molecule is COC(=O)c1c(NC(=S)Nc2ccccc2[N+](=O)[O-])sc2c1CCCC2. The van der Waals surface area contributed by atoms with Crippen molar-refractivity contribution in [2.24, 2.45) is 0 Å². The molecule has 1 aromatic carbocycles. The van der Waals surface area contributed by atoms with Crippen LogP contribution in [0.2, 0.25) is 0 Å². The summed E-state index contributed by atoms with van der Waals surface area (Å²) in [7, 11) is 1.35. The minimum Gasteiger partial charge on any atom is -0.465 e. The minimum atomic E-state index is -0.478. The first-order valence-corrected chi connectivity index (χ1v) is 9.28.